The second-order valence-electron chi connectivity index (χ2n) is 13.6. The number of hydrogen-bond donors (Lipinski definition) is 5. The number of thiocarbonyl (C=S) groups is 2. The average molecular weight is 665 g/mol. The van der Waals surface area contributed by atoms with E-state index >= 15 is 0 Å². The van der Waals surface area contributed by atoms with Crippen LogP contribution in [0.3, 0.4) is 0 Å². The van der Waals surface area contributed by atoms with Crippen LogP contribution in [-0.2, 0) is 14.3 Å². The summed E-state index contributed by atoms with van der Waals surface area (Å²) in [4.78, 5) is 40.2. The Balaban J connectivity index is 0.000000884. The number of carbonyl (C=O) groups excluding carboxylic acids is 3. The number of nitrogens with zero attached hydrogens (tertiary/aromatic N) is 1. The van der Waals surface area contributed by atoms with Crippen molar-refractivity contribution in [3.05, 3.63) is 24.3 Å². The monoisotopic (exact) mass is 664 g/mol. The van der Waals surface area contributed by atoms with Gasteiger partial charge in [0, 0.05) is 18.8 Å². The minimum Gasteiger partial charge on any atom is -0.444 e. The third-order valence-corrected chi connectivity index (χ3v) is 6.00. The van der Waals surface area contributed by atoms with Gasteiger partial charge in [-0.2, -0.15) is 4.99 Å². The Kier molecular flexibility index (Phi) is 20.1. The molecule has 0 aliphatic carbocycles. The largest absolute Gasteiger partial charge is 0.444 e. The number of carbonyl (C=O) groups is 3. The Morgan fingerprint density at radius 3 is 1.73 bits per heavy atom. The van der Waals surface area contributed by atoms with Crippen molar-refractivity contribution in [1.29, 1.82) is 0 Å². The number of benzene rings is 1. The van der Waals surface area contributed by atoms with E-state index in [4.69, 9.17) is 17.0 Å². The summed E-state index contributed by atoms with van der Waals surface area (Å²) in [6, 6.07) is 6.42. The van der Waals surface area contributed by atoms with Crippen molar-refractivity contribution >= 4 is 64.0 Å². The second kappa shape index (κ2) is 21.6. The van der Waals surface area contributed by atoms with Crippen molar-refractivity contribution in [1.82, 2.24) is 21.3 Å². The highest BCUT2D eigenvalue weighted by molar-refractivity contribution is 7.80. The van der Waals surface area contributed by atoms with E-state index in [-0.39, 0.29) is 17.9 Å². The number of alkyl carbamates (subject to hydrolysis) is 1. The van der Waals surface area contributed by atoms with Gasteiger partial charge in [0.1, 0.15) is 17.7 Å². The van der Waals surface area contributed by atoms with Crippen LogP contribution in [0.5, 0.6) is 0 Å². The fourth-order valence-corrected chi connectivity index (χ4v) is 4.11. The molecule has 0 bridgehead atoms. The summed E-state index contributed by atoms with van der Waals surface area (Å²) < 4.78 is 5.20. The van der Waals surface area contributed by atoms with Gasteiger partial charge < -0.3 is 31.3 Å². The average Bonchev–Trinajstić information content (AvgIpc) is 2.88. The van der Waals surface area contributed by atoms with Gasteiger partial charge in [-0.3, -0.25) is 9.59 Å². The van der Waals surface area contributed by atoms with Gasteiger partial charge in [0.25, 0.3) is 0 Å². The van der Waals surface area contributed by atoms with Crippen LogP contribution >= 0.6 is 24.4 Å². The lowest BCUT2D eigenvalue weighted by atomic mass is 10.0. The summed E-state index contributed by atoms with van der Waals surface area (Å²) in [5.74, 6) is 1.26. The van der Waals surface area contributed by atoms with E-state index in [2.05, 4.69) is 76.7 Å². The number of aliphatic imine (C=N–C) groups is 1. The maximum absolute atomic E-state index is 12.4. The topological polar surface area (TPSA) is 133 Å². The lowest BCUT2D eigenvalue weighted by molar-refractivity contribution is -0.124. The summed E-state index contributed by atoms with van der Waals surface area (Å²) in [6.07, 6.45) is 0.729. The lowest BCUT2D eigenvalue weighted by Crippen LogP contribution is -2.49. The molecule has 0 fully saturated rings. The fourth-order valence-electron chi connectivity index (χ4n) is 3.74. The molecule has 1 aromatic rings. The SMILES string of the molecule is CC(C)CNC(=O)[C@H](CC(C)C)NC(=O)OC(C)(C)C.CC(C)CNC(=O)[C@H](CC(C)C)NC(=S)Nc1cccc(N=C=S)c1. The summed E-state index contributed by atoms with van der Waals surface area (Å²) >= 11 is 9.97. The number of ether oxygens (including phenoxy) is 1. The fraction of sp³-hybridized carbons (Fsp3) is 0.667. The molecule has 2 atom stereocenters. The standard InChI is InChI=1S/C18H26N4OS2.C15H30N2O3/c1-12(2)8-16(17(23)19-10-13(3)4)22-18(25)21-15-7-5-6-14(9-15)20-11-24;1-10(2)8-12(13(18)16-9-11(3)4)17-14(19)20-15(5,6)7/h5-7,9,12-13,16H,8,10H2,1-4H3,(H,19,23)(H2,21,22,25);10-12H,8-9H2,1-7H3,(H,16,18)(H,17,19)/t16-;12-/m00/s1. The van der Waals surface area contributed by atoms with Crippen molar-refractivity contribution in [3.8, 4) is 0 Å². The maximum Gasteiger partial charge on any atom is 0.408 e. The first kappa shape index (κ1) is 41.9. The molecular weight excluding hydrogens is 609 g/mol. The molecule has 0 heterocycles. The minimum absolute atomic E-state index is 0.0365. The first-order chi connectivity index (χ1) is 20.8. The molecule has 12 heteroatoms. The normalized spacial score (nSPS) is 12.3. The Hall–Kier alpha value is -3.08. The van der Waals surface area contributed by atoms with Gasteiger partial charge in [-0.05, 0) is 99.9 Å². The van der Waals surface area contributed by atoms with Gasteiger partial charge in [-0.15, -0.1) is 0 Å². The molecule has 1 aromatic carbocycles. The highest BCUT2D eigenvalue weighted by atomic mass is 32.1. The van der Waals surface area contributed by atoms with Crippen LogP contribution in [0.4, 0.5) is 16.2 Å². The first-order valence-electron chi connectivity index (χ1n) is 15.6. The Bertz CT molecular complexity index is 1130. The van der Waals surface area contributed by atoms with Crippen molar-refractivity contribution in [2.24, 2.45) is 28.7 Å². The minimum atomic E-state index is -0.569. The molecule has 0 saturated carbocycles. The van der Waals surface area contributed by atoms with E-state index in [1.54, 1.807) is 20.8 Å². The quantitative estimate of drug-likeness (QED) is 0.111. The molecule has 0 aromatic heterocycles. The molecule has 0 aliphatic rings. The highest BCUT2D eigenvalue weighted by Crippen LogP contribution is 2.17. The summed E-state index contributed by atoms with van der Waals surface area (Å²) in [5, 5.41) is 17.4. The van der Waals surface area contributed by atoms with Crippen molar-refractivity contribution in [2.45, 2.75) is 107 Å². The smallest absolute Gasteiger partial charge is 0.408 e. The Morgan fingerprint density at radius 2 is 1.31 bits per heavy atom. The number of rotatable bonds is 14. The van der Waals surface area contributed by atoms with Gasteiger partial charge >= 0.3 is 6.09 Å². The van der Waals surface area contributed by atoms with Crippen LogP contribution in [0.1, 0.15) is 89.0 Å². The van der Waals surface area contributed by atoms with Crippen LogP contribution in [-0.4, -0.2) is 59.0 Å². The summed E-state index contributed by atoms with van der Waals surface area (Å²) in [6.45, 7) is 23.0. The molecule has 0 spiro atoms. The predicted octanol–water partition coefficient (Wildman–Crippen LogP) is 6.59. The molecule has 45 heavy (non-hydrogen) atoms. The molecule has 0 saturated heterocycles. The van der Waals surface area contributed by atoms with E-state index in [0.29, 0.717) is 60.4 Å². The third kappa shape index (κ3) is 22.1. The summed E-state index contributed by atoms with van der Waals surface area (Å²) in [7, 11) is 0. The van der Waals surface area contributed by atoms with Crippen LogP contribution in [0.2, 0.25) is 0 Å². The molecule has 254 valence electrons. The molecule has 3 amide bonds. The zero-order valence-corrected chi connectivity index (χ0v) is 30.6. The van der Waals surface area contributed by atoms with Gasteiger partial charge in [0.15, 0.2) is 5.11 Å². The van der Waals surface area contributed by atoms with Gasteiger partial charge in [0.2, 0.25) is 11.8 Å². The zero-order chi connectivity index (χ0) is 34.7. The van der Waals surface area contributed by atoms with Gasteiger partial charge in [-0.25, -0.2) is 4.79 Å². The molecule has 0 aliphatic heterocycles. The molecule has 5 N–H and O–H groups in total. The predicted molar refractivity (Wildman–Crippen MR) is 192 cm³/mol. The number of isothiocyanates is 1. The van der Waals surface area contributed by atoms with Crippen LogP contribution in [0.15, 0.2) is 29.3 Å². The maximum atomic E-state index is 12.4. The Morgan fingerprint density at radius 1 is 0.822 bits per heavy atom. The van der Waals surface area contributed by atoms with E-state index < -0.39 is 17.7 Å². The lowest BCUT2D eigenvalue weighted by Gasteiger charge is -2.24. The van der Waals surface area contributed by atoms with Crippen LogP contribution < -0.4 is 26.6 Å². The van der Waals surface area contributed by atoms with E-state index in [1.807, 2.05) is 52.0 Å². The van der Waals surface area contributed by atoms with E-state index in [9.17, 15) is 14.4 Å². The molecule has 1 rings (SSSR count). The molecule has 0 unspecified atom stereocenters. The highest BCUT2D eigenvalue weighted by Gasteiger charge is 2.25. The van der Waals surface area contributed by atoms with Crippen molar-refractivity contribution < 1.29 is 19.1 Å². The van der Waals surface area contributed by atoms with E-state index in [0.717, 1.165) is 5.69 Å². The van der Waals surface area contributed by atoms with Gasteiger partial charge in [0.05, 0.1) is 10.8 Å². The molecule has 0 radical (unpaired) electrons. The number of amides is 3. The zero-order valence-electron chi connectivity index (χ0n) is 29.0. The number of nitrogens with one attached hydrogen (secondary N) is 5. The first-order valence-corrected chi connectivity index (χ1v) is 16.4. The van der Waals surface area contributed by atoms with E-state index in [1.165, 1.54) is 0 Å². The Labute approximate surface area is 281 Å². The third-order valence-electron chi connectivity index (χ3n) is 5.69. The second-order valence-corrected chi connectivity index (χ2v) is 14.2. The summed E-state index contributed by atoms with van der Waals surface area (Å²) in [5.41, 5.74) is 0.895. The van der Waals surface area contributed by atoms with Crippen molar-refractivity contribution in [3.63, 3.8) is 0 Å². The number of hydrogen-bond acceptors (Lipinski definition) is 7. The van der Waals surface area contributed by atoms with Crippen LogP contribution in [0.25, 0.3) is 0 Å². The van der Waals surface area contributed by atoms with Crippen molar-refractivity contribution in [2.75, 3.05) is 18.4 Å². The molecular formula is C33H56N6O4S2. The van der Waals surface area contributed by atoms with Gasteiger partial charge in [-0.1, -0.05) is 61.5 Å². The molecule has 10 nitrogen and oxygen atoms in total. The number of anilines is 1. The van der Waals surface area contributed by atoms with Crippen LogP contribution in [0, 0.1) is 23.7 Å².